The maximum Gasteiger partial charge on any atom is 0.325 e. The minimum Gasteiger partial charge on any atom is -0.480 e. The van der Waals surface area contributed by atoms with Crippen LogP contribution in [-0.2, 0) is 11.3 Å². The van der Waals surface area contributed by atoms with Crippen molar-refractivity contribution < 1.29 is 14.7 Å². The van der Waals surface area contributed by atoms with E-state index >= 15 is 0 Å². The maximum absolute atomic E-state index is 11.7. The van der Waals surface area contributed by atoms with Gasteiger partial charge in [-0.05, 0) is 19.9 Å². The molecule has 0 bridgehead atoms. The number of aliphatic carboxylic acids is 1. The van der Waals surface area contributed by atoms with Crippen LogP contribution in [0.25, 0.3) is 0 Å². The molecular weight excluding hydrogens is 232 g/mol. The van der Waals surface area contributed by atoms with Gasteiger partial charge in [0.25, 0.3) is 5.91 Å². The molecule has 5 nitrogen and oxygen atoms in total. The number of aromatic nitrogens is 1. The summed E-state index contributed by atoms with van der Waals surface area (Å²) >= 11 is 5.77. The Bertz CT molecular complexity index is 414. The summed E-state index contributed by atoms with van der Waals surface area (Å²) in [4.78, 5) is 22.3. The molecule has 0 saturated heterocycles. The second-order valence-electron chi connectivity index (χ2n) is 3.36. The molecule has 0 spiro atoms. The first kappa shape index (κ1) is 12.6. The van der Waals surface area contributed by atoms with Crippen molar-refractivity contribution in [1.82, 2.24) is 9.88 Å². The molecule has 0 aliphatic rings. The van der Waals surface area contributed by atoms with Crippen molar-refractivity contribution in [1.29, 1.82) is 0 Å². The first-order chi connectivity index (χ1) is 7.45. The highest BCUT2D eigenvalue weighted by atomic mass is 35.5. The van der Waals surface area contributed by atoms with Crippen LogP contribution in [0.2, 0.25) is 5.02 Å². The van der Waals surface area contributed by atoms with Gasteiger partial charge in [-0.25, -0.2) is 0 Å². The fourth-order valence-electron chi connectivity index (χ4n) is 1.26. The van der Waals surface area contributed by atoms with Gasteiger partial charge in [-0.2, -0.15) is 0 Å². The minimum absolute atomic E-state index is 0.362. The number of carbonyl (C=O) groups excluding carboxylic acids is 1. The van der Waals surface area contributed by atoms with E-state index in [1.807, 2.05) is 6.92 Å². The molecule has 0 aliphatic carbocycles. The van der Waals surface area contributed by atoms with Crippen molar-refractivity contribution in [2.45, 2.75) is 26.4 Å². The van der Waals surface area contributed by atoms with Gasteiger partial charge in [0.2, 0.25) is 0 Å². The van der Waals surface area contributed by atoms with E-state index in [2.05, 4.69) is 5.32 Å². The zero-order valence-electron chi connectivity index (χ0n) is 9.03. The molecule has 1 rings (SSSR count). The number of carbonyl (C=O) groups is 2. The van der Waals surface area contributed by atoms with E-state index in [1.54, 1.807) is 10.8 Å². The Morgan fingerprint density at radius 3 is 2.75 bits per heavy atom. The molecule has 1 aromatic rings. The summed E-state index contributed by atoms with van der Waals surface area (Å²) in [6, 6.07) is 0.584. The Labute approximate surface area is 98.0 Å². The second kappa shape index (κ2) is 5.03. The molecule has 1 amide bonds. The fraction of sp³-hybridized carbons (Fsp3) is 0.400. The van der Waals surface area contributed by atoms with Gasteiger partial charge in [-0.15, -0.1) is 0 Å². The number of rotatable bonds is 4. The predicted molar refractivity (Wildman–Crippen MR) is 59.7 cm³/mol. The molecule has 1 aromatic heterocycles. The normalized spacial score (nSPS) is 12.2. The lowest BCUT2D eigenvalue weighted by Crippen LogP contribution is -2.39. The zero-order valence-corrected chi connectivity index (χ0v) is 9.78. The molecule has 88 valence electrons. The lowest BCUT2D eigenvalue weighted by Gasteiger charge is -2.10. The third-order valence-electron chi connectivity index (χ3n) is 2.15. The Morgan fingerprint density at radius 2 is 2.25 bits per heavy atom. The van der Waals surface area contributed by atoms with Gasteiger partial charge in [-0.3, -0.25) is 9.59 Å². The van der Waals surface area contributed by atoms with Crippen LogP contribution < -0.4 is 5.32 Å². The summed E-state index contributed by atoms with van der Waals surface area (Å²) in [7, 11) is 0. The van der Waals surface area contributed by atoms with Gasteiger partial charge in [0, 0.05) is 12.7 Å². The number of hydrogen-bond donors (Lipinski definition) is 2. The third kappa shape index (κ3) is 2.76. The monoisotopic (exact) mass is 244 g/mol. The van der Waals surface area contributed by atoms with E-state index in [0.717, 1.165) is 0 Å². The van der Waals surface area contributed by atoms with Gasteiger partial charge in [0.1, 0.15) is 11.7 Å². The lowest BCUT2D eigenvalue weighted by molar-refractivity contribution is -0.138. The van der Waals surface area contributed by atoms with Crippen LogP contribution in [0.15, 0.2) is 12.3 Å². The average Bonchev–Trinajstić information content (AvgIpc) is 2.59. The fourth-order valence-corrected chi connectivity index (χ4v) is 1.48. The topological polar surface area (TPSA) is 71.3 Å². The molecule has 2 N–H and O–H groups in total. The molecule has 0 aromatic carbocycles. The lowest BCUT2D eigenvalue weighted by atomic mass is 10.3. The molecule has 0 saturated carbocycles. The summed E-state index contributed by atoms with van der Waals surface area (Å²) in [5.41, 5.74) is 0.362. The number of carboxylic acid groups (broad SMARTS) is 1. The summed E-state index contributed by atoms with van der Waals surface area (Å²) in [5.74, 6) is -1.52. The number of hydrogen-bond acceptors (Lipinski definition) is 2. The van der Waals surface area contributed by atoms with E-state index < -0.39 is 17.9 Å². The van der Waals surface area contributed by atoms with Crippen molar-refractivity contribution in [2.24, 2.45) is 0 Å². The van der Waals surface area contributed by atoms with Crippen LogP contribution in [0.5, 0.6) is 0 Å². The van der Waals surface area contributed by atoms with E-state index in [1.165, 1.54) is 13.0 Å². The molecule has 0 unspecified atom stereocenters. The molecule has 6 heteroatoms. The highest BCUT2D eigenvalue weighted by molar-refractivity contribution is 6.31. The summed E-state index contributed by atoms with van der Waals surface area (Å²) < 4.78 is 1.66. The largest absolute Gasteiger partial charge is 0.480 e. The first-order valence-corrected chi connectivity index (χ1v) is 5.22. The van der Waals surface area contributed by atoms with E-state index in [4.69, 9.17) is 16.7 Å². The van der Waals surface area contributed by atoms with E-state index in [9.17, 15) is 9.59 Å². The molecule has 1 heterocycles. The number of nitrogens with one attached hydrogen (secondary N) is 1. The van der Waals surface area contributed by atoms with Gasteiger partial charge in [0.15, 0.2) is 0 Å². The SMILES string of the molecule is CCn1cc(Cl)cc1C(=O)N[C@@H](C)C(=O)O. The zero-order chi connectivity index (χ0) is 12.3. The molecule has 0 radical (unpaired) electrons. The summed E-state index contributed by atoms with van der Waals surface area (Å²) in [6.07, 6.45) is 1.63. The number of halogens is 1. The Morgan fingerprint density at radius 1 is 1.62 bits per heavy atom. The number of nitrogens with zero attached hydrogens (tertiary/aromatic N) is 1. The van der Waals surface area contributed by atoms with Gasteiger partial charge >= 0.3 is 5.97 Å². The van der Waals surface area contributed by atoms with Gasteiger partial charge in [-0.1, -0.05) is 11.6 Å². The number of amides is 1. The summed E-state index contributed by atoms with van der Waals surface area (Å²) in [5, 5.41) is 11.5. The van der Waals surface area contributed by atoms with Crippen molar-refractivity contribution in [3.63, 3.8) is 0 Å². The second-order valence-corrected chi connectivity index (χ2v) is 3.80. The highest BCUT2D eigenvalue weighted by Gasteiger charge is 2.18. The Kier molecular flexibility index (Phi) is 3.95. The molecule has 0 fully saturated rings. The summed E-state index contributed by atoms with van der Waals surface area (Å²) in [6.45, 7) is 3.87. The minimum atomic E-state index is -1.07. The van der Waals surface area contributed by atoms with Crippen LogP contribution in [0.4, 0.5) is 0 Å². The van der Waals surface area contributed by atoms with Crippen LogP contribution >= 0.6 is 11.6 Å². The predicted octanol–water partition coefficient (Wildman–Crippen LogP) is 1.36. The Balaban J connectivity index is 2.84. The molecule has 1 atom stereocenters. The van der Waals surface area contributed by atoms with Crippen LogP contribution in [0, 0.1) is 0 Å². The van der Waals surface area contributed by atoms with Crippen LogP contribution in [-0.4, -0.2) is 27.6 Å². The van der Waals surface area contributed by atoms with Crippen molar-refractivity contribution in [2.75, 3.05) is 0 Å². The van der Waals surface area contributed by atoms with E-state index in [-0.39, 0.29) is 0 Å². The van der Waals surface area contributed by atoms with Crippen molar-refractivity contribution in [3.8, 4) is 0 Å². The molecular formula is C10H13ClN2O3. The number of aryl methyl sites for hydroxylation is 1. The number of carboxylic acids is 1. The smallest absolute Gasteiger partial charge is 0.325 e. The van der Waals surface area contributed by atoms with Gasteiger partial charge < -0.3 is 15.0 Å². The Hall–Kier alpha value is -1.49. The van der Waals surface area contributed by atoms with Crippen LogP contribution in [0.1, 0.15) is 24.3 Å². The molecule has 0 aliphatic heterocycles. The van der Waals surface area contributed by atoms with Crippen molar-refractivity contribution >= 4 is 23.5 Å². The maximum atomic E-state index is 11.7. The standard InChI is InChI=1S/C10H13ClN2O3/c1-3-13-5-7(11)4-8(13)9(14)12-6(2)10(15)16/h4-6H,3H2,1-2H3,(H,12,14)(H,15,16)/t6-/m0/s1. The molecule has 16 heavy (non-hydrogen) atoms. The van der Waals surface area contributed by atoms with E-state index in [0.29, 0.717) is 17.3 Å². The highest BCUT2D eigenvalue weighted by Crippen LogP contribution is 2.14. The van der Waals surface area contributed by atoms with Crippen LogP contribution in [0.3, 0.4) is 0 Å². The average molecular weight is 245 g/mol. The van der Waals surface area contributed by atoms with Crippen molar-refractivity contribution in [3.05, 3.63) is 23.0 Å². The third-order valence-corrected chi connectivity index (χ3v) is 2.36. The van der Waals surface area contributed by atoms with Gasteiger partial charge in [0.05, 0.1) is 5.02 Å². The first-order valence-electron chi connectivity index (χ1n) is 4.85. The quantitative estimate of drug-likeness (QED) is 0.840.